The van der Waals surface area contributed by atoms with Crippen LogP contribution >= 0.6 is 23.4 Å². The Kier molecular flexibility index (Phi) is 5.76. The van der Waals surface area contributed by atoms with E-state index in [-0.39, 0.29) is 11.9 Å². The second kappa shape index (κ2) is 7.57. The van der Waals surface area contributed by atoms with Crippen molar-refractivity contribution < 1.29 is 13.9 Å². The molecular formula is C16H17ClO3S. The molecule has 0 N–H and O–H groups in total. The molecule has 112 valence electrons. The summed E-state index contributed by atoms with van der Waals surface area (Å²) in [5.41, 5.74) is 0.600. The molecule has 2 aromatic rings. The van der Waals surface area contributed by atoms with E-state index in [0.29, 0.717) is 27.8 Å². The van der Waals surface area contributed by atoms with E-state index in [1.165, 1.54) is 11.8 Å². The molecule has 1 aromatic carbocycles. The summed E-state index contributed by atoms with van der Waals surface area (Å²) in [4.78, 5) is 12.1. The van der Waals surface area contributed by atoms with Crippen molar-refractivity contribution >= 4 is 29.1 Å². The van der Waals surface area contributed by atoms with E-state index in [1.807, 2.05) is 26.0 Å². The first kappa shape index (κ1) is 16.0. The molecular weight excluding hydrogens is 308 g/mol. The number of carbonyl (C=O) groups excluding carboxylic acids is 1. The summed E-state index contributed by atoms with van der Waals surface area (Å²) in [6.07, 6.45) is 1.68. The minimum Gasteiger partial charge on any atom is -0.489 e. The van der Waals surface area contributed by atoms with Crippen molar-refractivity contribution in [3.63, 3.8) is 0 Å². The first-order chi connectivity index (χ1) is 10.1. The van der Waals surface area contributed by atoms with Crippen LogP contribution in [0.5, 0.6) is 5.75 Å². The van der Waals surface area contributed by atoms with E-state index >= 15 is 0 Å². The van der Waals surface area contributed by atoms with Crippen molar-refractivity contribution in [2.24, 2.45) is 0 Å². The Morgan fingerprint density at radius 2 is 2.19 bits per heavy atom. The van der Waals surface area contributed by atoms with Gasteiger partial charge in [-0.05, 0) is 44.2 Å². The van der Waals surface area contributed by atoms with E-state index in [1.54, 1.807) is 24.5 Å². The van der Waals surface area contributed by atoms with Crippen LogP contribution in [0, 0.1) is 0 Å². The summed E-state index contributed by atoms with van der Waals surface area (Å²) >= 11 is 7.65. The predicted octanol–water partition coefficient (Wildman–Crippen LogP) is 4.84. The molecule has 0 aliphatic heterocycles. The molecule has 0 aliphatic carbocycles. The lowest BCUT2D eigenvalue weighted by molar-refractivity contribution is 0.102. The number of Topliss-reactive ketones (excluding diaryl/α,β-unsaturated/α-hetero) is 1. The quantitative estimate of drug-likeness (QED) is 0.683. The fourth-order valence-corrected chi connectivity index (χ4v) is 2.79. The van der Waals surface area contributed by atoms with Gasteiger partial charge < -0.3 is 9.15 Å². The van der Waals surface area contributed by atoms with E-state index in [4.69, 9.17) is 20.8 Å². The highest BCUT2D eigenvalue weighted by Crippen LogP contribution is 2.27. The maximum absolute atomic E-state index is 12.1. The smallest absolute Gasteiger partial charge is 0.172 e. The van der Waals surface area contributed by atoms with Crippen molar-refractivity contribution in [1.82, 2.24) is 0 Å². The molecule has 0 bridgehead atoms. The average molecular weight is 325 g/mol. The molecule has 2 rings (SSSR count). The van der Waals surface area contributed by atoms with Gasteiger partial charge in [0.2, 0.25) is 0 Å². The van der Waals surface area contributed by atoms with Crippen molar-refractivity contribution in [2.75, 3.05) is 5.75 Å². The average Bonchev–Trinajstić information content (AvgIpc) is 2.93. The van der Waals surface area contributed by atoms with E-state index in [0.717, 1.165) is 5.76 Å². The van der Waals surface area contributed by atoms with Crippen LogP contribution in [0.4, 0.5) is 0 Å². The zero-order valence-corrected chi connectivity index (χ0v) is 13.5. The van der Waals surface area contributed by atoms with Crippen molar-refractivity contribution in [3.05, 3.63) is 52.9 Å². The monoisotopic (exact) mass is 324 g/mol. The minimum absolute atomic E-state index is 0.0459. The van der Waals surface area contributed by atoms with E-state index < -0.39 is 0 Å². The van der Waals surface area contributed by atoms with Crippen molar-refractivity contribution in [1.29, 1.82) is 0 Å². The van der Waals surface area contributed by atoms with Crippen LogP contribution in [0.2, 0.25) is 5.02 Å². The maximum atomic E-state index is 12.1. The topological polar surface area (TPSA) is 39.4 Å². The van der Waals surface area contributed by atoms with Crippen molar-refractivity contribution in [2.45, 2.75) is 25.7 Å². The van der Waals surface area contributed by atoms with Crippen molar-refractivity contribution in [3.8, 4) is 5.75 Å². The number of carbonyl (C=O) groups is 1. The zero-order valence-electron chi connectivity index (χ0n) is 12.0. The first-order valence-electron chi connectivity index (χ1n) is 6.66. The Labute approximate surface area is 133 Å². The summed E-state index contributed by atoms with van der Waals surface area (Å²) in [6, 6.07) is 8.89. The number of furan rings is 1. The van der Waals surface area contributed by atoms with E-state index in [9.17, 15) is 4.79 Å². The van der Waals surface area contributed by atoms with Gasteiger partial charge in [-0.3, -0.25) is 4.79 Å². The van der Waals surface area contributed by atoms with Gasteiger partial charge in [-0.1, -0.05) is 11.6 Å². The lowest BCUT2D eigenvalue weighted by Gasteiger charge is -2.11. The van der Waals surface area contributed by atoms with Gasteiger partial charge in [-0.25, -0.2) is 0 Å². The fourth-order valence-electron chi connectivity index (χ4n) is 1.75. The summed E-state index contributed by atoms with van der Waals surface area (Å²) in [7, 11) is 0. The molecule has 0 atom stereocenters. The van der Waals surface area contributed by atoms with Gasteiger partial charge in [0.05, 0.1) is 28.9 Å². The number of benzene rings is 1. The molecule has 0 saturated carbocycles. The second-order valence-electron chi connectivity index (χ2n) is 4.81. The maximum Gasteiger partial charge on any atom is 0.172 e. The normalized spacial score (nSPS) is 10.9. The van der Waals surface area contributed by atoms with Crippen LogP contribution in [0.1, 0.15) is 30.0 Å². The van der Waals surface area contributed by atoms with Gasteiger partial charge in [0, 0.05) is 5.56 Å². The van der Waals surface area contributed by atoms with Gasteiger partial charge in [0.1, 0.15) is 11.5 Å². The summed E-state index contributed by atoms with van der Waals surface area (Å²) in [5, 5.41) is 0.464. The Morgan fingerprint density at radius 3 is 2.81 bits per heavy atom. The number of thioether (sulfide) groups is 1. The summed E-state index contributed by atoms with van der Waals surface area (Å²) in [5.74, 6) is 2.59. The van der Waals surface area contributed by atoms with Crippen LogP contribution in [-0.4, -0.2) is 17.6 Å². The number of ether oxygens (including phenoxy) is 1. The van der Waals surface area contributed by atoms with Crippen LogP contribution < -0.4 is 4.74 Å². The molecule has 5 heteroatoms. The van der Waals surface area contributed by atoms with Gasteiger partial charge in [-0.15, -0.1) is 11.8 Å². The van der Waals surface area contributed by atoms with Gasteiger partial charge in [0.15, 0.2) is 5.78 Å². The molecule has 21 heavy (non-hydrogen) atoms. The Balaban J connectivity index is 1.91. The third-order valence-electron chi connectivity index (χ3n) is 2.67. The Bertz CT molecular complexity index is 594. The molecule has 1 heterocycles. The third kappa shape index (κ3) is 4.83. The molecule has 3 nitrogen and oxygen atoms in total. The van der Waals surface area contributed by atoms with Crippen LogP contribution in [0.15, 0.2) is 41.0 Å². The molecule has 1 aromatic heterocycles. The molecule has 0 unspecified atom stereocenters. The minimum atomic E-state index is 0.0459. The highest BCUT2D eigenvalue weighted by molar-refractivity contribution is 7.99. The molecule has 0 aliphatic rings. The highest BCUT2D eigenvalue weighted by atomic mass is 35.5. The summed E-state index contributed by atoms with van der Waals surface area (Å²) in [6.45, 7) is 3.86. The number of hydrogen-bond acceptors (Lipinski definition) is 4. The van der Waals surface area contributed by atoms with Crippen LogP contribution in [-0.2, 0) is 5.75 Å². The standard InChI is InChI=1S/C16H17ClO3S/c1-11(2)20-16-6-5-12(8-14(16)17)15(18)10-21-9-13-4-3-7-19-13/h3-8,11H,9-10H2,1-2H3. The Morgan fingerprint density at radius 1 is 1.38 bits per heavy atom. The molecule has 0 radical (unpaired) electrons. The molecule has 0 spiro atoms. The number of halogens is 1. The SMILES string of the molecule is CC(C)Oc1ccc(C(=O)CSCc2ccco2)cc1Cl. The predicted molar refractivity (Wildman–Crippen MR) is 86.4 cm³/mol. The third-order valence-corrected chi connectivity index (χ3v) is 3.92. The second-order valence-corrected chi connectivity index (χ2v) is 6.20. The summed E-state index contributed by atoms with van der Waals surface area (Å²) < 4.78 is 10.8. The van der Waals surface area contributed by atoms with Crippen LogP contribution in [0.25, 0.3) is 0 Å². The number of rotatable bonds is 7. The highest BCUT2D eigenvalue weighted by Gasteiger charge is 2.11. The number of ketones is 1. The Hall–Kier alpha value is -1.39. The molecule has 0 saturated heterocycles. The van der Waals surface area contributed by atoms with Gasteiger partial charge in [-0.2, -0.15) is 0 Å². The molecule has 0 amide bonds. The first-order valence-corrected chi connectivity index (χ1v) is 8.19. The van der Waals surface area contributed by atoms with E-state index in [2.05, 4.69) is 0 Å². The lowest BCUT2D eigenvalue weighted by Crippen LogP contribution is -2.07. The van der Waals surface area contributed by atoms with Crippen LogP contribution in [0.3, 0.4) is 0 Å². The zero-order chi connectivity index (χ0) is 15.2. The van der Waals surface area contributed by atoms with Gasteiger partial charge in [0.25, 0.3) is 0 Å². The molecule has 0 fully saturated rings. The van der Waals surface area contributed by atoms with Gasteiger partial charge >= 0.3 is 0 Å². The number of hydrogen-bond donors (Lipinski definition) is 0. The lowest BCUT2D eigenvalue weighted by atomic mass is 10.1. The largest absolute Gasteiger partial charge is 0.489 e. The fraction of sp³-hybridized carbons (Fsp3) is 0.312.